The standard InChI is InChI=1S/C24H25N5O4S2/c1-15(30)33-23-19(18-7-5-14-34-18)20(27-22(28-23)21-25-12-6-13-26-21)29-35(31,32)17-10-8-16(9-11-17)24(2,3)4/h5-15,30H,1-4H3,(H,27,28,29). The molecule has 3 aromatic heterocycles. The van der Waals surface area contributed by atoms with Gasteiger partial charge in [0.1, 0.15) is 0 Å². The summed E-state index contributed by atoms with van der Waals surface area (Å²) in [6.45, 7) is 7.60. The molecule has 3 heterocycles. The van der Waals surface area contributed by atoms with Crippen LogP contribution in [0.2, 0.25) is 0 Å². The Balaban J connectivity index is 1.86. The molecular formula is C24H25N5O4S2. The molecule has 0 amide bonds. The number of aliphatic hydroxyl groups is 1. The molecule has 0 saturated heterocycles. The smallest absolute Gasteiger partial charge is 0.263 e. The molecule has 4 rings (SSSR count). The van der Waals surface area contributed by atoms with Gasteiger partial charge >= 0.3 is 0 Å². The van der Waals surface area contributed by atoms with Crippen LogP contribution in [0, 0.1) is 0 Å². The quantitative estimate of drug-likeness (QED) is 0.348. The fourth-order valence-electron chi connectivity index (χ4n) is 3.24. The van der Waals surface area contributed by atoms with Gasteiger partial charge in [-0.2, -0.15) is 4.98 Å². The second-order valence-electron chi connectivity index (χ2n) is 8.72. The number of benzene rings is 1. The molecule has 0 aliphatic rings. The average Bonchev–Trinajstić information content (AvgIpc) is 3.33. The third kappa shape index (κ3) is 5.64. The molecule has 35 heavy (non-hydrogen) atoms. The largest absolute Gasteiger partial charge is 0.448 e. The summed E-state index contributed by atoms with van der Waals surface area (Å²) in [4.78, 5) is 17.9. The molecular weight excluding hydrogens is 486 g/mol. The Morgan fingerprint density at radius 1 is 1.00 bits per heavy atom. The maximum atomic E-state index is 13.4. The van der Waals surface area contributed by atoms with Crippen molar-refractivity contribution in [3.05, 3.63) is 65.8 Å². The molecule has 0 bridgehead atoms. The molecule has 0 radical (unpaired) electrons. The molecule has 182 valence electrons. The number of rotatable bonds is 7. The molecule has 2 N–H and O–H groups in total. The van der Waals surface area contributed by atoms with Crippen molar-refractivity contribution in [2.24, 2.45) is 0 Å². The number of hydrogen-bond acceptors (Lipinski definition) is 9. The zero-order valence-electron chi connectivity index (χ0n) is 19.6. The van der Waals surface area contributed by atoms with Gasteiger partial charge in [0, 0.05) is 17.3 Å². The summed E-state index contributed by atoms with van der Waals surface area (Å²) in [5.74, 6) is 0.208. The summed E-state index contributed by atoms with van der Waals surface area (Å²) in [5, 5.41) is 11.8. The van der Waals surface area contributed by atoms with Crippen LogP contribution < -0.4 is 9.46 Å². The van der Waals surface area contributed by atoms with Crippen LogP contribution in [-0.4, -0.2) is 39.8 Å². The van der Waals surface area contributed by atoms with Crippen molar-refractivity contribution in [1.29, 1.82) is 0 Å². The van der Waals surface area contributed by atoms with Crippen molar-refractivity contribution in [1.82, 2.24) is 19.9 Å². The molecule has 0 aliphatic carbocycles. The second-order valence-corrected chi connectivity index (χ2v) is 11.4. The molecule has 0 fully saturated rings. The van der Waals surface area contributed by atoms with Crippen molar-refractivity contribution < 1.29 is 18.3 Å². The van der Waals surface area contributed by atoms with Crippen LogP contribution in [0.4, 0.5) is 5.82 Å². The number of nitrogens with one attached hydrogen (secondary N) is 1. The number of ether oxygens (including phenoxy) is 1. The van der Waals surface area contributed by atoms with E-state index >= 15 is 0 Å². The monoisotopic (exact) mass is 511 g/mol. The van der Waals surface area contributed by atoms with Gasteiger partial charge in [-0.3, -0.25) is 4.72 Å². The number of nitrogens with zero attached hydrogens (tertiary/aromatic N) is 4. The van der Waals surface area contributed by atoms with Gasteiger partial charge in [-0.1, -0.05) is 39.0 Å². The van der Waals surface area contributed by atoms with Gasteiger partial charge in [0.15, 0.2) is 17.9 Å². The first-order valence-corrected chi connectivity index (χ1v) is 13.1. The van der Waals surface area contributed by atoms with Gasteiger partial charge in [-0.15, -0.1) is 11.3 Å². The summed E-state index contributed by atoms with van der Waals surface area (Å²) < 4.78 is 34.9. The minimum absolute atomic E-state index is 0.000633. The first-order valence-electron chi connectivity index (χ1n) is 10.8. The zero-order chi connectivity index (χ0) is 25.2. The fraction of sp³-hybridized carbons (Fsp3) is 0.250. The highest BCUT2D eigenvalue weighted by molar-refractivity contribution is 7.92. The highest BCUT2D eigenvalue weighted by Crippen LogP contribution is 2.39. The third-order valence-electron chi connectivity index (χ3n) is 4.95. The van der Waals surface area contributed by atoms with Gasteiger partial charge in [0.2, 0.25) is 11.7 Å². The van der Waals surface area contributed by atoms with Crippen LogP contribution in [0.5, 0.6) is 5.88 Å². The predicted octanol–water partition coefficient (Wildman–Crippen LogP) is 4.48. The Hall–Kier alpha value is -3.41. The SMILES string of the molecule is CC(O)Oc1nc(-c2ncccn2)nc(NS(=O)(=O)c2ccc(C(C)(C)C)cc2)c1-c1cccs1. The van der Waals surface area contributed by atoms with E-state index in [1.54, 1.807) is 36.4 Å². The molecule has 1 atom stereocenters. The maximum Gasteiger partial charge on any atom is 0.263 e. The highest BCUT2D eigenvalue weighted by atomic mass is 32.2. The van der Waals surface area contributed by atoms with Crippen LogP contribution in [-0.2, 0) is 15.4 Å². The number of thiophene rings is 1. The molecule has 0 aliphatic heterocycles. The third-order valence-corrected chi connectivity index (χ3v) is 7.20. The van der Waals surface area contributed by atoms with E-state index in [1.165, 1.54) is 30.7 Å². The predicted molar refractivity (Wildman–Crippen MR) is 135 cm³/mol. The number of aliphatic hydroxyl groups excluding tert-OH is 1. The van der Waals surface area contributed by atoms with Crippen LogP contribution in [0.3, 0.4) is 0 Å². The van der Waals surface area contributed by atoms with E-state index in [9.17, 15) is 13.5 Å². The van der Waals surface area contributed by atoms with Gasteiger partial charge in [0.05, 0.1) is 10.5 Å². The topological polar surface area (TPSA) is 127 Å². The summed E-state index contributed by atoms with van der Waals surface area (Å²) in [5.41, 5.74) is 1.19. The number of aromatic nitrogens is 4. The molecule has 1 aromatic carbocycles. The summed E-state index contributed by atoms with van der Waals surface area (Å²) in [6, 6.07) is 11.9. The van der Waals surface area contributed by atoms with E-state index in [0.717, 1.165) is 5.56 Å². The van der Waals surface area contributed by atoms with E-state index < -0.39 is 16.3 Å². The number of sulfonamides is 1. The minimum Gasteiger partial charge on any atom is -0.448 e. The van der Waals surface area contributed by atoms with E-state index in [1.807, 2.05) is 11.4 Å². The van der Waals surface area contributed by atoms with E-state index in [2.05, 4.69) is 45.4 Å². The van der Waals surface area contributed by atoms with Gasteiger partial charge < -0.3 is 9.84 Å². The van der Waals surface area contributed by atoms with Crippen LogP contribution in [0.1, 0.15) is 33.3 Å². The van der Waals surface area contributed by atoms with Crippen LogP contribution >= 0.6 is 11.3 Å². The van der Waals surface area contributed by atoms with Gasteiger partial charge in [-0.25, -0.2) is 23.4 Å². The molecule has 0 spiro atoms. The lowest BCUT2D eigenvalue weighted by atomic mass is 9.87. The van der Waals surface area contributed by atoms with E-state index in [4.69, 9.17) is 4.74 Å². The molecule has 11 heteroatoms. The first-order chi connectivity index (χ1) is 16.5. The van der Waals surface area contributed by atoms with Crippen molar-refractivity contribution in [3.63, 3.8) is 0 Å². The van der Waals surface area contributed by atoms with E-state index in [-0.39, 0.29) is 33.7 Å². The zero-order valence-corrected chi connectivity index (χ0v) is 21.3. The minimum atomic E-state index is -4.03. The van der Waals surface area contributed by atoms with Crippen molar-refractivity contribution in [2.75, 3.05) is 4.72 Å². The Morgan fingerprint density at radius 2 is 1.69 bits per heavy atom. The summed E-state index contributed by atoms with van der Waals surface area (Å²) in [7, 11) is -4.03. The number of anilines is 1. The Morgan fingerprint density at radius 3 is 2.26 bits per heavy atom. The van der Waals surface area contributed by atoms with E-state index in [0.29, 0.717) is 10.4 Å². The van der Waals surface area contributed by atoms with Crippen LogP contribution in [0.15, 0.2) is 65.1 Å². The summed E-state index contributed by atoms with van der Waals surface area (Å²) in [6.07, 6.45) is 1.84. The fourth-order valence-corrected chi connectivity index (χ4v) is 5.02. The maximum absolute atomic E-state index is 13.4. The number of hydrogen-bond donors (Lipinski definition) is 2. The lowest BCUT2D eigenvalue weighted by molar-refractivity contribution is -0.00314. The molecule has 0 saturated carbocycles. The molecule has 1 unspecified atom stereocenters. The normalized spacial score (nSPS) is 12.8. The Kier molecular flexibility index (Phi) is 6.84. The molecule has 4 aromatic rings. The Labute approximate surface area is 208 Å². The van der Waals surface area contributed by atoms with Crippen molar-refractivity contribution in [2.45, 2.75) is 44.3 Å². The second kappa shape index (κ2) is 9.68. The van der Waals surface area contributed by atoms with Gasteiger partial charge in [0.25, 0.3) is 10.0 Å². The van der Waals surface area contributed by atoms with Crippen LogP contribution in [0.25, 0.3) is 22.1 Å². The van der Waals surface area contributed by atoms with Crippen molar-refractivity contribution in [3.8, 4) is 28.0 Å². The lowest BCUT2D eigenvalue weighted by Gasteiger charge is -2.19. The Bertz CT molecular complexity index is 1400. The highest BCUT2D eigenvalue weighted by Gasteiger charge is 2.26. The lowest BCUT2D eigenvalue weighted by Crippen LogP contribution is -2.18. The van der Waals surface area contributed by atoms with Gasteiger partial charge in [-0.05, 0) is 47.5 Å². The average molecular weight is 512 g/mol. The van der Waals surface area contributed by atoms with Crippen molar-refractivity contribution >= 4 is 27.2 Å². The molecule has 9 nitrogen and oxygen atoms in total. The first kappa shape index (κ1) is 24.7. The summed E-state index contributed by atoms with van der Waals surface area (Å²) >= 11 is 1.35.